The normalized spacial score (nSPS) is 14.1. The molecule has 0 atom stereocenters. The standard InChI is InChI=1S/C24H29NO6/c1-28-21-14-19(13-20(23(21)30-3)15-22(26)29-2)18-9-11-25(12-10-18)24(27)31-16-17-7-5-4-6-8-17/h4-8,13-14,18H,9-12,15-16H2,1-3H3. The number of benzene rings is 2. The summed E-state index contributed by atoms with van der Waals surface area (Å²) < 4.78 is 21.2. The Balaban J connectivity index is 1.64. The molecule has 1 fully saturated rings. The molecule has 0 N–H and O–H groups in total. The van der Waals surface area contributed by atoms with Gasteiger partial charge < -0.3 is 23.8 Å². The number of likely N-dealkylation sites (tertiary alicyclic amines) is 1. The minimum absolute atomic E-state index is 0.106. The van der Waals surface area contributed by atoms with Crippen LogP contribution in [0.1, 0.15) is 35.4 Å². The Bertz CT molecular complexity index is 890. The quantitative estimate of drug-likeness (QED) is 0.623. The third-order valence-corrected chi connectivity index (χ3v) is 5.57. The van der Waals surface area contributed by atoms with Gasteiger partial charge in [-0.3, -0.25) is 4.79 Å². The van der Waals surface area contributed by atoms with E-state index in [9.17, 15) is 9.59 Å². The van der Waals surface area contributed by atoms with Crippen molar-refractivity contribution >= 4 is 12.1 Å². The summed E-state index contributed by atoms with van der Waals surface area (Å²) in [6.45, 7) is 1.49. The molecule has 0 saturated carbocycles. The summed E-state index contributed by atoms with van der Waals surface area (Å²) in [7, 11) is 4.50. The van der Waals surface area contributed by atoms with Crippen LogP contribution in [-0.2, 0) is 27.3 Å². The molecule has 1 aliphatic rings. The highest BCUT2D eigenvalue weighted by Gasteiger charge is 2.27. The van der Waals surface area contributed by atoms with E-state index >= 15 is 0 Å². The molecule has 1 heterocycles. The van der Waals surface area contributed by atoms with Crippen molar-refractivity contribution in [3.8, 4) is 11.5 Å². The largest absolute Gasteiger partial charge is 0.493 e. The van der Waals surface area contributed by atoms with E-state index in [1.807, 2.05) is 42.5 Å². The second-order valence-corrected chi connectivity index (χ2v) is 7.47. The van der Waals surface area contributed by atoms with Crippen LogP contribution in [0.25, 0.3) is 0 Å². The lowest BCUT2D eigenvalue weighted by Crippen LogP contribution is -2.38. The number of amides is 1. The van der Waals surface area contributed by atoms with Crippen LogP contribution in [0.2, 0.25) is 0 Å². The Hall–Kier alpha value is -3.22. The zero-order valence-corrected chi connectivity index (χ0v) is 18.3. The van der Waals surface area contributed by atoms with Crippen molar-refractivity contribution < 1.29 is 28.5 Å². The van der Waals surface area contributed by atoms with Gasteiger partial charge in [-0.2, -0.15) is 0 Å². The van der Waals surface area contributed by atoms with Crippen molar-refractivity contribution in [3.63, 3.8) is 0 Å². The Kier molecular flexibility index (Phi) is 7.76. The molecule has 31 heavy (non-hydrogen) atoms. The van der Waals surface area contributed by atoms with Crippen molar-refractivity contribution in [2.24, 2.45) is 0 Å². The van der Waals surface area contributed by atoms with Crippen molar-refractivity contribution in [3.05, 3.63) is 59.2 Å². The molecule has 2 aromatic carbocycles. The molecular weight excluding hydrogens is 398 g/mol. The van der Waals surface area contributed by atoms with Crippen LogP contribution >= 0.6 is 0 Å². The molecule has 0 aliphatic carbocycles. The maximum atomic E-state index is 12.4. The summed E-state index contributed by atoms with van der Waals surface area (Å²) in [6, 6.07) is 13.6. The average Bonchev–Trinajstić information content (AvgIpc) is 2.82. The van der Waals surface area contributed by atoms with Gasteiger partial charge in [-0.05, 0) is 36.0 Å². The van der Waals surface area contributed by atoms with Crippen LogP contribution in [0.5, 0.6) is 11.5 Å². The van der Waals surface area contributed by atoms with E-state index in [2.05, 4.69) is 0 Å². The fourth-order valence-corrected chi connectivity index (χ4v) is 3.87. The van der Waals surface area contributed by atoms with Gasteiger partial charge in [-0.15, -0.1) is 0 Å². The first kappa shape index (κ1) is 22.5. The third-order valence-electron chi connectivity index (χ3n) is 5.57. The van der Waals surface area contributed by atoms with E-state index < -0.39 is 0 Å². The molecule has 0 radical (unpaired) electrons. The summed E-state index contributed by atoms with van der Waals surface area (Å²) >= 11 is 0. The minimum Gasteiger partial charge on any atom is -0.493 e. The molecule has 7 nitrogen and oxygen atoms in total. The fourth-order valence-electron chi connectivity index (χ4n) is 3.87. The van der Waals surface area contributed by atoms with E-state index in [0.29, 0.717) is 24.6 Å². The summed E-state index contributed by atoms with van der Waals surface area (Å²) in [5.74, 6) is 1.03. The summed E-state index contributed by atoms with van der Waals surface area (Å²) in [6.07, 6.45) is 1.41. The number of nitrogens with zero attached hydrogens (tertiary/aromatic N) is 1. The number of carbonyl (C=O) groups is 2. The monoisotopic (exact) mass is 427 g/mol. The van der Waals surface area contributed by atoms with Gasteiger partial charge in [0.2, 0.25) is 0 Å². The van der Waals surface area contributed by atoms with E-state index in [4.69, 9.17) is 18.9 Å². The van der Waals surface area contributed by atoms with Crippen molar-refractivity contribution in [1.29, 1.82) is 0 Å². The zero-order chi connectivity index (χ0) is 22.2. The number of carbonyl (C=O) groups excluding carboxylic acids is 2. The van der Waals surface area contributed by atoms with Crippen LogP contribution in [0.4, 0.5) is 4.79 Å². The highest BCUT2D eigenvalue weighted by Crippen LogP contribution is 2.38. The maximum Gasteiger partial charge on any atom is 0.410 e. The van der Waals surface area contributed by atoms with Crippen molar-refractivity contribution in [2.45, 2.75) is 31.8 Å². The Morgan fingerprint density at radius 1 is 1.00 bits per heavy atom. The topological polar surface area (TPSA) is 74.3 Å². The highest BCUT2D eigenvalue weighted by molar-refractivity contribution is 5.74. The minimum atomic E-state index is -0.339. The number of methoxy groups -OCH3 is 3. The second-order valence-electron chi connectivity index (χ2n) is 7.47. The first-order chi connectivity index (χ1) is 15.0. The smallest absolute Gasteiger partial charge is 0.410 e. The lowest BCUT2D eigenvalue weighted by Gasteiger charge is -2.32. The van der Waals surface area contributed by atoms with Gasteiger partial charge in [0.25, 0.3) is 0 Å². The zero-order valence-electron chi connectivity index (χ0n) is 18.3. The van der Waals surface area contributed by atoms with E-state index in [0.717, 1.165) is 29.5 Å². The SMILES string of the molecule is COC(=O)Cc1cc(C2CCN(C(=O)OCc3ccccc3)CC2)cc(OC)c1OC. The molecular formula is C24H29NO6. The molecule has 2 aromatic rings. The van der Waals surface area contributed by atoms with Gasteiger partial charge in [0, 0.05) is 18.7 Å². The summed E-state index contributed by atoms with van der Waals surface area (Å²) in [5, 5.41) is 0. The lowest BCUT2D eigenvalue weighted by atomic mass is 9.88. The van der Waals surface area contributed by atoms with E-state index in [1.165, 1.54) is 7.11 Å². The molecule has 0 spiro atoms. The van der Waals surface area contributed by atoms with Gasteiger partial charge in [0.05, 0.1) is 27.8 Å². The van der Waals surface area contributed by atoms with Gasteiger partial charge in [0.15, 0.2) is 11.5 Å². The molecule has 0 unspecified atom stereocenters. The van der Waals surface area contributed by atoms with Gasteiger partial charge in [-0.25, -0.2) is 4.79 Å². The summed E-state index contributed by atoms with van der Waals surface area (Å²) in [5.41, 5.74) is 2.76. The molecule has 3 rings (SSSR count). The van der Waals surface area contributed by atoms with Crippen LogP contribution in [0.15, 0.2) is 42.5 Å². The fraction of sp³-hybridized carbons (Fsp3) is 0.417. The van der Waals surface area contributed by atoms with E-state index in [-0.39, 0.29) is 31.0 Å². The number of hydrogen-bond acceptors (Lipinski definition) is 6. The molecule has 166 valence electrons. The number of esters is 1. The van der Waals surface area contributed by atoms with Gasteiger partial charge >= 0.3 is 12.1 Å². The lowest BCUT2D eigenvalue weighted by molar-refractivity contribution is -0.139. The summed E-state index contributed by atoms with van der Waals surface area (Å²) in [4.78, 5) is 26.0. The van der Waals surface area contributed by atoms with Crippen LogP contribution in [0, 0.1) is 0 Å². The molecule has 1 saturated heterocycles. The molecule has 7 heteroatoms. The second kappa shape index (κ2) is 10.7. The molecule has 1 aliphatic heterocycles. The predicted octanol–water partition coefficient (Wildman–Crippen LogP) is 3.94. The molecule has 1 amide bonds. The van der Waals surface area contributed by atoms with Crippen LogP contribution < -0.4 is 9.47 Å². The highest BCUT2D eigenvalue weighted by atomic mass is 16.6. The van der Waals surface area contributed by atoms with Crippen LogP contribution in [0.3, 0.4) is 0 Å². The van der Waals surface area contributed by atoms with Crippen molar-refractivity contribution in [1.82, 2.24) is 4.90 Å². The number of rotatable bonds is 7. The third kappa shape index (κ3) is 5.69. The molecule has 0 bridgehead atoms. The Labute approximate surface area is 182 Å². The Morgan fingerprint density at radius 3 is 2.32 bits per heavy atom. The Morgan fingerprint density at radius 2 is 1.71 bits per heavy atom. The first-order valence-electron chi connectivity index (χ1n) is 10.3. The van der Waals surface area contributed by atoms with Gasteiger partial charge in [-0.1, -0.05) is 36.4 Å². The number of piperidine rings is 1. The average molecular weight is 427 g/mol. The molecule has 0 aromatic heterocycles. The number of hydrogen-bond donors (Lipinski definition) is 0. The predicted molar refractivity (Wildman–Crippen MR) is 115 cm³/mol. The van der Waals surface area contributed by atoms with Crippen LogP contribution in [-0.4, -0.2) is 51.4 Å². The van der Waals surface area contributed by atoms with Crippen molar-refractivity contribution in [2.75, 3.05) is 34.4 Å². The van der Waals surface area contributed by atoms with Gasteiger partial charge in [0.1, 0.15) is 6.61 Å². The van der Waals surface area contributed by atoms with E-state index in [1.54, 1.807) is 19.1 Å². The number of ether oxygens (including phenoxy) is 4. The maximum absolute atomic E-state index is 12.4. The first-order valence-corrected chi connectivity index (χ1v) is 10.3.